The van der Waals surface area contributed by atoms with E-state index < -0.39 is 28.6 Å². The van der Waals surface area contributed by atoms with E-state index in [1.807, 2.05) is 0 Å². The van der Waals surface area contributed by atoms with Gasteiger partial charge in [0, 0.05) is 17.1 Å². The summed E-state index contributed by atoms with van der Waals surface area (Å²) in [7, 11) is 0. The molecule has 2 aromatic carbocycles. The van der Waals surface area contributed by atoms with E-state index >= 15 is 0 Å². The zero-order valence-corrected chi connectivity index (χ0v) is 13.8. The van der Waals surface area contributed by atoms with Gasteiger partial charge in [0.2, 0.25) is 0 Å². The molecule has 3 N–H and O–H groups in total. The average Bonchev–Trinajstić information content (AvgIpc) is 2.63. The first-order chi connectivity index (χ1) is 13.0. The van der Waals surface area contributed by atoms with Gasteiger partial charge in [0.25, 0.3) is 5.56 Å². The van der Waals surface area contributed by atoms with Crippen LogP contribution in [-0.4, -0.2) is 9.97 Å². The summed E-state index contributed by atoms with van der Waals surface area (Å²) in [6.07, 6.45) is 1.33. The largest absolute Gasteiger partial charge is 0.384 e. The average molecular weight is 367 g/mol. The van der Waals surface area contributed by atoms with Crippen molar-refractivity contribution in [2.24, 2.45) is 0 Å². The Morgan fingerprint density at radius 2 is 1.52 bits per heavy atom. The van der Waals surface area contributed by atoms with Crippen molar-refractivity contribution in [2.75, 3.05) is 5.73 Å². The Morgan fingerprint density at radius 1 is 0.852 bits per heavy atom. The van der Waals surface area contributed by atoms with Crippen LogP contribution in [0.25, 0.3) is 33.2 Å². The number of aromatic amines is 1. The normalized spacial score (nSPS) is 11.1. The summed E-state index contributed by atoms with van der Waals surface area (Å²) in [5.74, 6) is -2.34. The number of H-pyrrole nitrogens is 1. The van der Waals surface area contributed by atoms with Crippen LogP contribution in [-0.2, 0) is 0 Å². The van der Waals surface area contributed by atoms with Crippen LogP contribution in [0.2, 0.25) is 0 Å². The van der Waals surface area contributed by atoms with Crippen molar-refractivity contribution in [1.82, 2.24) is 9.97 Å². The van der Waals surface area contributed by atoms with Crippen LogP contribution in [0, 0.1) is 17.5 Å². The zero-order valence-electron chi connectivity index (χ0n) is 13.8. The van der Waals surface area contributed by atoms with E-state index in [0.717, 1.165) is 12.1 Å². The molecule has 7 heteroatoms. The van der Waals surface area contributed by atoms with Gasteiger partial charge in [-0.05, 0) is 29.8 Å². The second-order valence-electron chi connectivity index (χ2n) is 5.93. The van der Waals surface area contributed by atoms with Gasteiger partial charge in [-0.2, -0.15) is 0 Å². The third kappa shape index (κ3) is 2.73. The highest BCUT2D eigenvalue weighted by molar-refractivity contribution is 6.02. The Labute approximate surface area is 151 Å². The molecule has 27 heavy (non-hydrogen) atoms. The predicted octanol–water partition coefficient (Wildman–Crippen LogP) is 4.26. The van der Waals surface area contributed by atoms with Gasteiger partial charge in [-0.1, -0.05) is 24.3 Å². The summed E-state index contributed by atoms with van der Waals surface area (Å²) in [4.78, 5) is 19.0. The lowest BCUT2D eigenvalue weighted by Crippen LogP contribution is -2.12. The molecule has 0 atom stereocenters. The zero-order chi connectivity index (χ0) is 19.1. The minimum absolute atomic E-state index is 0.00986. The fraction of sp³-hybridized carbons (Fsp3) is 0. The highest BCUT2D eigenvalue weighted by Gasteiger charge is 2.21. The summed E-state index contributed by atoms with van der Waals surface area (Å²) in [6, 6.07) is 10.7. The Bertz CT molecular complexity index is 1230. The molecule has 4 rings (SSSR count). The molecular formula is C20H12F3N3O. The lowest BCUT2D eigenvalue weighted by atomic mass is 9.97. The lowest BCUT2D eigenvalue weighted by Gasteiger charge is -2.12. The molecule has 0 saturated heterocycles. The maximum absolute atomic E-state index is 14.3. The third-order valence-electron chi connectivity index (χ3n) is 4.27. The molecule has 0 unspecified atom stereocenters. The van der Waals surface area contributed by atoms with E-state index in [1.54, 1.807) is 6.07 Å². The second kappa shape index (κ2) is 6.28. The maximum Gasteiger partial charge on any atom is 0.258 e. The van der Waals surface area contributed by atoms with Gasteiger partial charge in [0.15, 0.2) is 0 Å². The number of aromatic nitrogens is 2. The van der Waals surface area contributed by atoms with E-state index in [4.69, 9.17) is 5.73 Å². The first kappa shape index (κ1) is 16.8. The number of rotatable bonds is 2. The van der Waals surface area contributed by atoms with Crippen molar-refractivity contribution in [3.05, 3.63) is 82.5 Å². The standard InChI is InChI=1S/C20H12F3N3O/c21-13-5-2-1-4-10(13)11-8-16(24)26-19-12(11)9-25-20(27)18(19)17-14(22)6-3-7-15(17)23/h1-9H,(H2,24,26)(H,25,27). The first-order valence-corrected chi connectivity index (χ1v) is 7.98. The minimum atomic E-state index is -0.912. The van der Waals surface area contributed by atoms with Gasteiger partial charge in [0.1, 0.15) is 23.3 Å². The molecule has 2 aromatic heterocycles. The molecule has 0 fully saturated rings. The fourth-order valence-corrected chi connectivity index (χ4v) is 3.10. The molecule has 0 spiro atoms. The van der Waals surface area contributed by atoms with Crippen molar-refractivity contribution in [1.29, 1.82) is 0 Å². The van der Waals surface area contributed by atoms with Crippen molar-refractivity contribution < 1.29 is 13.2 Å². The number of benzene rings is 2. The molecule has 4 aromatic rings. The molecule has 0 saturated carbocycles. The van der Waals surface area contributed by atoms with Gasteiger partial charge >= 0.3 is 0 Å². The van der Waals surface area contributed by atoms with Gasteiger partial charge in [0.05, 0.1) is 16.6 Å². The van der Waals surface area contributed by atoms with Crippen LogP contribution in [0.5, 0.6) is 0 Å². The quantitative estimate of drug-likeness (QED) is 0.556. The van der Waals surface area contributed by atoms with Crippen LogP contribution in [0.15, 0.2) is 59.5 Å². The first-order valence-electron chi connectivity index (χ1n) is 7.98. The molecule has 4 nitrogen and oxygen atoms in total. The molecule has 134 valence electrons. The number of hydrogen-bond donors (Lipinski definition) is 2. The molecular weight excluding hydrogens is 355 g/mol. The number of anilines is 1. The van der Waals surface area contributed by atoms with Crippen LogP contribution in [0.1, 0.15) is 0 Å². The summed E-state index contributed by atoms with van der Waals surface area (Å²) in [6.45, 7) is 0. The molecule has 0 radical (unpaired) electrons. The van der Waals surface area contributed by atoms with E-state index in [-0.39, 0.29) is 22.5 Å². The third-order valence-corrected chi connectivity index (χ3v) is 4.27. The Morgan fingerprint density at radius 3 is 2.22 bits per heavy atom. The SMILES string of the molecule is Nc1cc(-c2ccccc2F)c2c[nH]c(=O)c(-c3c(F)cccc3F)c2n1. The van der Waals surface area contributed by atoms with E-state index in [1.165, 1.54) is 36.5 Å². The fourth-order valence-electron chi connectivity index (χ4n) is 3.10. The number of halogens is 3. The summed E-state index contributed by atoms with van der Waals surface area (Å²) >= 11 is 0. The van der Waals surface area contributed by atoms with Gasteiger partial charge in [-0.15, -0.1) is 0 Å². The molecule has 0 amide bonds. The van der Waals surface area contributed by atoms with Gasteiger partial charge in [-0.25, -0.2) is 18.2 Å². The molecule has 0 aliphatic rings. The Hall–Kier alpha value is -3.61. The number of nitrogen functional groups attached to an aromatic ring is 1. The predicted molar refractivity (Wildman–Crippen MR) is 97.5 cm³/mol. The smallest absolute Gasteiger partial charge is 0.258 e. The van der Waals surface area contributed by atoms with Crippen LogP contribution in [0.3, 0.4) is 0 Å². The molecule has 2 heterocycles. The molecule has 0 aliphatic heterocycles. The monoisotopic (exact) mass is 367 g/mol. The van der Waals surface area contributed by atoms with Gasteiger partial charge in [-0.3, -0.25) is 4.79 Å². The van der Waals surface area contributed by atoms with E-state index in [9.17, 15) is 18.0 Å². The van der Waals surface area contributed by atoms with Gasteiger partial charge < -0.3 is 10.7 Å². The molecule has 0 aliphatic carbocycles. The van der Waals surface area contributed by atoms with E-state index in [2.05, 4.69) is 9.97 Å². The number of pyridine rings is 2. The van der Waals surface area contributed by atoms with Crippen molar-refractivity contribution >= 4 is 16.7 Å². The highest BCUT2D eigenvalue weighted by Crippen LogP contribution is 2.35. The van der Waals surface area contributed by atoms with Crippen molar-refractivity contribution in [3.8, 4) is 22.3 Å². The van der Waals surface area contributed by atoms with Crippen LogP contribution in [0.4, 0.5) is 19.0 Å². The van der Waals surface area contributed by atoms with E-state index in [0.29, 0.717) is 10.9 Å². The summed E-state index contributed by atoms with van der Waals surface area (Å²) < 4.78 is 43.0. The summed E-state index contributed by atoms with van der Waals surface area (Å²) in [5.41, 5.74) is 4.87. The number of nitrogens with one attached hydrogen (secondary N) is 1. The maximum atomic E-state index is 14.3. The second-order valence-corrected chi connectivity index (χ2v) is 5.93. The number of nitrogens with zero attached hydrogens (tertiary/aromatic N) is 1. The Kier molecular flexibility index (Phi) is 3.92. The minimum Gasteiger partial charge on any atom is -0.384 e. The topological polar surface area (TPSA) is 71.8 Å². The summed E-state index contributed by atoms with van der Waals surface area (Å²) in [5, 5.41) is 0.312. The highest BCUT2D eigenvalue weighted by atomic mass is 19.1. The van der Waals surface area contributed by atoms with Crippen molar-refractivity contribution in [3.63, 3.8) is 0 Å². The lowest BCUT2D eigenvalue weighted by molar-refractivity contribution is 0.589. The number of fused-ring (bicyclic) bond motifs is 1. The number of nitrogens with two attached hydrogens (primary N) is 1. The molecule has 0 bridgehead atoms. The Balaban J connectivity index is 2.16. The van der Waals surface area contributed by atoms with Crippen LogP contribution >= 0.6 is 0 Å². The van der Waals surface area contributed by atoms with Crippen LogP contribution < -0.4 is 11.3 Å². The number of hydrogen-bond acceptors (Lipinski definition) is 3. The van der Waals surface area contributed by atoms with Crippen molar-refractivity contribution in [2.45, 2.75) is 0 Å².